The first-order valence-electron chi connectivity index (χ1n) is 18.0. The molecule has 0 atom stereocenters. The molecule has 7 aromatic carbocycles. The van der Waals surface area contributed by atoms with Crippen LogP contribution in [0.3, 0.4) is 0 Å². The van der Waals surface area contributed by atoms with Gasteiger partial charge < -0.3 is 9.30 Å². The SMILES string of the molecule is Cn1[cH+]n(-c2[c-]c(Oc3[c-]c4c(cc3)c3ccccc3n4-c3cc(-c4c(-c5ccccc5)cccc4-c4ccccc4)ccn3)ccc2)c2ccccc21.[Pt]. The summed E-state index contributed by atoms with van der Waals surface area (Å²) in [5.41, 5.74) is 12.0. The Kier molecular flexibility index (Phi) is 8.93. The number of para-hydroxylation sites is 3. The summed E-state index contributed by atoms with van der Waals surface area (Å²) in [6.07, 6.45) is 3.98. The molecule has 266 valence electrons. The van der Waals surface area contributed by atoms with Gasteiger partial charge in [-0.1, -0.05) is 109 Å². The molecule has 0 aliphatic rings. The number of benzene rings is 7. The van der Waals surface area contributed by atoms with Gasteiger partial charge in [0.15, 0.2) is 17.4 Å². The largest absolute Gasteiger partial charge is 0.508 e. The number of aryl methyl sites for hydroxylation is 1. The first-order chi connectivity index (χ1) is 26.7. The number of imidazole rings is 1. The third-order valence-electron chi connectivity index (χ3n) is 10.1. The van der Waals surface area contributed by atoms with Gasteiger partial charge >= 0.3 is 0 Å². The third kappa shape index (κ3) is 6.13. The van der Waals surface area contributed by atoms with Crippen molar-refractivity contribution in [2.45, 2.75) is 0 Å². The second kappa shape index (κ2) is 14.4. The molecule has 0 aliphatic heterocycles. The predicted octanol–water partition coefficient (Wildman–Crippen LogP) is 12.1. The number of ether oxygens (including phenoxy) is 1. The monoisotopic (exact) mass is 888 g/mol. The summed E-state index contributed by atoms with van der Waals surface area (Å²) in [4.78, 5) is 4.99. The van der Waals surface area contributed by atoms with Crippen LogP contribution in [0, 0.1) is 12.1 Å². The molecule has 5 nitrogen and oxygen atoms in total. The maximum Gasteiger partial charge on any atom is 0.188 e. The molecular formula is C49H33N4OPt-. The van der Waals surface area contributed by atoms with E-state index in [0.29, 0.717) is 11.5 Å². The standard InChI is InChI=1S/C49H33N4O.Pt/c1-51-33-52(46-25-11-10-24-45(46)51)37-18-12-19-38(31-37)54-39-26-27-43-42-20-8-9-23-44(42)53(47(43)32-39)48-30-36(28-29-50-48)49-40(34-14-4-2-5-15-34)21-13-22-41(49)35-16-6-3-7-17-35;/h2-30,33H,1H3;/q-1;. The molecule has 3 heterocycles. The van der Waals surface area contributed by atoms with Crippen LogP contribution < -0.4 is 4.74 Å². The summed E-state index contributed by atoms with van der Waals surface area (Å²) in [6.45, 7) is 0. The predicted molar refractivity (Wildman–Crippen MR) is 219 cm³/mol. The Bertz CT molecular complexity index is 2930. The Labute approximate surface area is 333 Å². The van der Waals surface area contributed by atoms with Gasteiger partial charge in [0, 0.05) is 69.1 Å². The smallest absolute Gasteiger partial charge is 0.188 e. The minimum Gasteiger partial charge on any atom is -0.508 e. The topological polar surface area (TPSA) is 36.9 Å². The van der Waals surface area contributed by atoms with E-state index < -0.39 is 0 Å². The molecule has 0 aliphatic carbocycles. The van der Waals surface area contributed by atoms with E-state index in [4.69, 9.17) is 9.72 Å². The molecular weight excluding hydrogens is 856 g/mol. The number of hydrogen-bond donors (Lipinski definition) is 0. The Morgan fingerprint density at radius 2 is 1.18 bits per heavy atom. The Morgan fingerprint density at radius 3 is 1.93 bits per heavy atom. The van der Waals surface area contributed by atoms with Crippen molar-refractivity contribution in [2.24, 2.45) is 7.05 Å². The number of aromatic nitrogens is 4. The van der Waals surface area contributed by atoms with E-state index in [9.17, 15) is 0 Å². The number of nitrogens with zero attached hydrogens (tertiary/aromatic N) is 4. The van der Waals surface area contributed by atoms with Crippen molar-refractivity contribution in [3.05, 3.63) is 195 Å². The van der Waals surface area contributed by atoms with Crippen LogP contribution in [0.15, 0.2) is 182 Å². The summed E-state index contributed by atoms with van der Waals surface area (Å²) in [6, 6.07) is 66.0. The number of rotatable bonds is 7. The van der Waals surface area contributed by atoms with Gasteiger partial charge in [0.1, 0.15) is 5.82 Å². The van der Waals surface area contributed by atoms with Gasteiger partial charge in [-0.05, 0) is 69.1 Å². The molecule has 0 radical (unpaired) electrons. The number of pyridine rings is 1. The zero-order chi connectivity index (χ0) is 36.0. The molecule has 10 rings (SSSR count). The first kappa shape index (κ1) is 34.2. The summed E-state index contributed by atoms with van der Waals surface area (Å²) in [7, 11) is 2.05. The molecule has 55 heavy (non-hydrogen) atoms. The van der Waals surface area contributed by atoms with Gasteiger partial charge in [-0.15, -0.1) is 29.7 Å². The zero-order valence-corrected chi connectivity index (χ0v) is 32.1. The van der Waals surface area contributed by atoms with Crippen molar-refractivity contribution >= 4 is 32.8 Å². The van der Waals surface area contributed by atoms with E-state index in [2.05, 4.69) is 185 Å². The van der Waals surface area contributed by atoms with Crippen molar-refractivity contribution in [3.8, 4) is 56.4 Å². The van der Waals surface area contributed by atoms with Crippen LogP contribution in [-0.2, 0) is 28.1 Å². The van der Waals surface area contributed by atoms with E-state index >= 15 is 0 Å². The summed E-state index contributed by atoms with van der Waals surface area (Å²) >= 11 is 0. The third-order valence-corrected chi connectivity index (χ3v) is 10.1. The van der Waals surface area contributed by atoms with Crippen molar-refractivity contribution in [2.75, 3.05) is 0 Å². The van der Waals surface area contributed by atoms with Gasteiger partial charge in [-0.3, -0.25) is 0 Å². The molecule has 0 bridgehead atoms. The minimum atomic E-state index is 0. The van der Waals surface area contributed by atoms with Gasteiger partial charge in [0.2, 0.25) is 0 Å². The maximum absolute atomic E-state index is 6.51. The second-order valence-electron chi connectivity index (χ2n) is 13.4. The van der Waals surface area contributed by atoms with Crippen molar-refractivity contribution in [1.82, 2.24) is 18.7 Å². The van der Waals surface area contributed by atoms with Crippen LogP contribution >= 0.6 is 0 Å². The molecule has 0 unspecified atom stereocenters. The minimum absolute atomic E-state index is 0. The Balaban J connectivity index is 0.00000397. The molecule has 0 fully saturated rings. The van der Waals surface area contributed by atoms with Gasteiger partial charge in [-0.2, -0.15) is 12.1 Å². The van der Waals surface area contributed by atoms with E-state index in [0.717, 1.165) is 66.6 Å². The van der Waals surface area contributed by atoms with Gasteiger partial charge in [-0.25, -0.2) is 14.1 Å². The summed E-state index contributed by atoms with van der Waals surface area (Å²) in [5.74, 6) is 2.01. The Morgan fingerprint density at radius 1 is 0.545 bits per heavy atom. The first-order valence-corrected chi connectivity index (χ1v) is 18.0. The van der Waals surface area contributed by atoms with Crippen molar-refractivity contribution in [1.29, 1.82) is 0 Å². The van der Waals surface area contributed by atoms with Crippen molar-refractivity contribution < 1.29 is 25.8 Å². The van der Waals surface area contributed by atoms with E-state index in [-0.39, 0.29) is 21.1 Å². The fourth-order valence-electron chi connectivity index (χ4n) is 7.66. The molecule has 0 N–H and O–H groups in total. The molecule has 10 aromatic rings. The molecule has 0 saturated heterocycles. The molecule has 0 amide bonds. The average molecular weight is 889 g/mol. The number of hydrogen-bond acceptors (Lipinski definition) is 2. The average Bonchev–Trinajstić information content (AvgIpc) is 3.75. The van der Waals surface area contributed by atoms with Crippen LogP contribution in [0.5, 0.6) is 11.5 Å². The van der Waals surface area contributed by atoms with Crippen LogP contribution in [0.4, 0.5) is 0 Å². The Hall–Kier alpha value is -6.55. The van der Waals surface area contributed by atoms with E-state index in [1.54, 1.807) is 0 Å². The number of fused-ring (bicyclic) bond motifs is 4. The van der Waals surface area contributed by atoms with E-state index in [1.165, 1.54) is 11.1 Å². The maximum atomic E-state index is 6.51. The molecule has 3 aromatic heterocycles. The molecule has 6 heteroatoms. The van der Waals surface area contributed by atoms with Crippen LogP contribution in [0.25, 0.3) is 77.7 Å². The quantitative estimate of drug-likeness (QED) is 0.150. The van der Waals surface area contributed by atoms with Crippen LogP contribution in [0.1, 0.15) is 0 Å². The van der Waals surface area contributed by atoms with Crippen LogP contribution in [0.2, 0.25) is 0 Å². The van der Waals surface area contributed by atoms with Gasteiger partial charge in [0.05, 0.1) is 0 Å². The van der Waals surface area contributed by atoms with Crippen LogP contribution in [-0.4, -0.2) is 18.7 Å². The zero-order valence-electron chi connectivity index (χ0n) is 29.8. The summed E-state index contributed by atoms with van der Waals surface area (Å²) < 4.78 is 13.0. The fraction of sp³-hybridized carbons (Fsp3) is 0.0204. The second-order valence-corrected chi connectivity index (χ2v) is 13.4. The molecule has 0 spiro atoms. The van der Waals surface area contributed by atoms with Gasteiger partial charge in [0.25, 0.3) is 0 Å². The fourth-order valence-corrected chi connectivity index (χ4v) is 7.66. The van der Waals surface area contributed by atoms with E-state index in [1.807, 2.05) is 30.5 Å². The normalized spacial score (nSPS) is 11.2. The summed E-state index contributed by atoms with van der Waals surface area (Å²) in [5, 5.41) is 2.20. The van der Waals surface area contributed by atoms with Crippen molar-refractivity contribution in [3.63, 3.8) is 0 Å². The molecule has 0 saturated carbocycles.